The zero-order valence-electron chi connectivity index (χ0n) is 11.0. The first-order valence-electron chi connectivity index (χ1n) is 6.00. The van der Waals surface area contributed by atoms with Gasteiger partial charge in [-0.25, -0.2) is 4.39 Å². The van der Waals surface area contributed by atoms with Crippen LogP contribution in [0.3, 0.4) is 0 Å². The molecule has 0 fully saturated rings. The van der Waals surface area contributed by atoms with E-state index >= 15 is 0 Å². The van der Waals surface area contributed by atoms with Gasteiger partial charge >= 0.3 is 0 Å². The maximum Gasteiger partial charge on any atom is 0.137 e. The van der Waals surface area contributed by atoms with Gasteiger partial charge in [0.1, 0.15) is 5.82 Å². The topological polar surface area (TPSA) is 50.7 Å². The van der Waals surface area contributed by atoms with Crippen molar-refractivity contribution in [1.29, 1.82) is 0 Å². The highest BCUT2D eigenvalue weighted by Crippen LogP contribution is 2.19. The summed E-state index contributed by atoms with van der Waals surface area (Å²) in [7, 11) is 1.60. The van der Waals surface area contributed by atoms with Gasteiger partial charge in [-0.1, -0.05) is 0 Å². The summed E-state index contributed by atoms with van der Waals surface area (Å²) < 4.78 is 23.7. The molecule has 0 saturated heterocycles. The summed E-state index contributed by atoms with van der Waals surface area (Å²) in [5.41, 5.74) is 0.734. The van der Waals surface area contributed by atoms with Gasteiger partial charge in [0, 0.05) is 19.3 Å². The number of hydrogen-bond donors (Lipinski definition) is 2. The molecule has 0 heterocycles. The largest absolute Gasteiger partial charge is 0.389 e. The molecule has 1 rings (SSSR count). The van der Waals surface area contributed by atoms with Crippen LogP contribution in [0.1, 0.15) is 6.92 Å². The summed E-state index contributed by atoms with van der Waals surface area (Å²) in [6, 6.07) is 4.59. The lowest BCUT2D eigenvalue weighted by molar-refractivity contribution is -0.0282. The van der Waals surface area contributed by atoms with Crippen molar-refractivity contribution in [3.8, 4) is 0 Å². The molecule has 6 heteroatoms. The number of nitrogens with one attached hydrogen (secondary N) is 1. The molecule has 0 aliphatic heterocycles. The molecule has 2 unspecified atom stereocenters. The second-order valence-electron chi connectivity index (χ2n) is 4.26. The number of anilines is 1. The predicted octanol–water partition coefficient (Wildman–Crippen LogP) is 2.41. The fraction of sp³-hybridized carbons (Fsp3) is 0.538. The third-order valence-electron chi connectivity index (χ3n) is 2.44. The van der Waals surface area contributed by atoms with E-state index in [1.54, 1.807) is 19.2 Å². The molecule has 4 nitrogen and oxygen atoms in total. The standard InChI is InChI=1S/C13H19BrFNO3/c1-9(7-18-2)19-8-11(17)6-16-10-3-4-13(15)12(14)5-10/h3-5,9,11,16-17H,6-8H2,1-2H3. The van der Waals surface area contributed by atoms with Crippen LogP contribution in [0.15, 0.2) is 22.7 Å². The van der Waals surface area contributed by atoms with Gasteiger partial charge in [0.05, 0.1) is 29.9 Å². The average molecular weight is 336 g/mol. The molecule has 0 aliphatic rings. The van der Waals surface area contributed by atoms with E-state index in [-0.39, 0.29) is 18.5 Å². The number of halogens is 2. The van der Waals surface area contributed by atoms with Crippen molar-refractivity contribution in [2.75, 3.05) is 32.2 Å². The van der Waals surface area contributed by atoms with Crippen LogP contribution in [-0.4, -0.2) is 44.2 Å². The number of rotatable bonds is 8. The summed E-state index contributed by atoms with van der Waals surface area (Å²) in [5.74, 6) is -0.317. The molecule has 0 bridgehead atoms. The quantitative estimate of drug-likeness (QED) is 0.766. The van der Waals surface area contributed by atoms with E-state index in [2.05, 4.69) is 21.2 Å². The molecule has 0 spiro atoms. The van der Waals surface area contributed by atoms with E-state index in [9.17, 15) is 9.50 Å². The molecule has 0 aliphatic carbocycles. The fourth-order valence-electron chi connectivity index (χ4n) is 1.46. The maximum absolute atomic E-state index is 13.0. The fourth-order valence-corrected chi connectivity index (χ4v) is 1.84. The van der Waals surface area contributed by atoms with Gasteiger partial charge in [-0.2, -0.15) is 0 Å². The smallest absolute Gasteiger partial charge is 0.137 e. The Labute approximate surface area is 121 Å². The van der Waals surface area contributed by atoms with Crippen LogP contribution in [0.2, 0.25) is 0 Å². The van der Waals surface area contributed by atoms with Crippen molar-refractivity contribution in [1.82, 2.24) is 0 Å². The van der Waals surface area contributed by atoms with Gasteiger partial charge in [-0.15, -0.1) is 0 Å². The van der Waals surface area contributed by atoms with E-state index in [0.29, 0.717) is 17.6 Å². The first kappa shape index (κ1) is 16.4. The van der Waals surface area contributed by atoms with Gasteiger partial charge < -0.3 is 19.9 Å². The minimum atomic E-state index is -0.636. The van der Waals surface area contributed by atoms with Gasteiger partial charge in [0.2, 0.25) is 0 Å². The average Bonchev–Trinajstić information content (AvgIpc) is 2.38. The summed E-state index contributed by atoms with van der Waals surface area (Å²) in [4.78, 5) is 0. The highest BCUT2D eigenvalue weighted by Gasteiger charge is 2.08. The SMILES string of the molecule is COCC(C)OCC(O)CNc1ccc(F)c(Br)c1. The Balaban J connectivity index is 2.29. The minimum absolute atomic E-state index is 0.0559. The number of hydrogen-bond acceptors (Lipinski definition) is 4. The van der Waals surface area contributed by atoms with Crippen LogP contribution in [-0.2, 0) is 9.47 Å². The Bertz CT molecular complexity index is 392. The Morgan fingerprint density at radius 3 is 2.79 bits per heavy atom. The number of benzene rings is 1. The molecular formula is C13H19BrFNO3. The number of methoxy groups -OCH3 is 1. The third kappa shape index (κ3) is 6.33. The second kappa shape index (κ2) is 8.47. The van der Waals surface area contributed by atoms with Crippen LogP contribution in [0.4, 0.5) is 10.1 Å². The zero-order chi connectivity index (χ0) is 14.3. The van der Waals surface area contributed by atoms with E-state index in [1.807, 2.05) is 6.92 Å². The molecule has 0 aromatic heterocycles. The lowest BCUT2D eigenvalue weighted by atomic mass is 10.3. The number of aliphatic hydroxyl groups excluding tert-OH is 1. The highest BCUT2D eigenvalue weighted by molar-refractivity contribution is 9.10. The van der Waals surface area contributed by atoms with E-state index in [0.717, 1.165) is 5.69 Å². The van der Waals surface area contributed by atoms with Gasteiger partial charge in [0.25, 0.3) is 0 Å². The highest BCUT2D eigenvalue weighted by atomic mass is 79.9. The lowest BCUT2D eigenvalue weighted by Crippen LogP contribution is -2.28. The molecule has 2 atom stereocenters. The number of aliphatic hydroxyl groups is 1. The molecule has 0 saturated carbocycles. The molecule has 0 radical (unpaired) electrons. The Morgan fingerprint density at radius 1 is 1.42 bits per heavy atom. The van der Waals surface area contributed by atoms with E-state index in [4.69, 9.17) is 9.47 Å². The molecule has 1 aromatic rings. The van der Waals surface area contributed by atoms with E-state index in [1.165, 1.54) is 6.07 Å². The predicted molar refractivity (Wildman–Crippen MR) is 75.9 cm³/mol. The van der Waals surface area contributed by atoms with Gasteiger partial charge in [0.15, 0.2) is 0 Å². The Morgan fingerprint density at radius 2 is 2.16 bits per heavy atom. The van der Waals surface area contributed by atoms with Crippen LogP contribution in [0.5, 0.6) is 0 Å². The van der Waals surface area contributed by atoms with Crippen LogP contribution < -0.4 is 5.32 Å². The van der Waals surface area contributed by atoms with Crippen molar-refractivity contribution < 1.29 is 19.0 Å². The lowest BCUT2D eigenvalue weighted by Gasteiger charge is -2.17. The van der Waals surface area contributed by atoms with Crippen molar-refractivity contribution in [3.05, 3.63) is 28.5 Å². The second-order valence-corrected chi connectivity index (χ2v) is 5.12. The maximum atomic E-state index is 13.0. The Hall–Kier alpha value is -0.690. The summed E-state index contributed by atoms with van der Waals surface area (Å²) >= 11 is 3.10. The van der Waals surface area contributed by atoms with Crippen molar-refractivity contribution in [2.45, 2.75) is 19.1 Å². The summed E-state index contributed by atoms with van der Waals surface area (Å²) in [6.07, 6.45) is -0.692. The number of ether oxygens (including phenoxy) is 2. The van der Waals surface area contributed by atoms with Gasteiger partial charge in [-0.3, -0.25) is 0 Å². The van der Waals surface area contributed by atoms with Crippen molar-refractivity contribution in [2.24, 2.45) is 0 Å². The molecule has 108 valence electrons. The van der Waals surface area contributed by atoms with Crippen LogP contribution in [0.25, 0.3) is 0 Å². The molecule has 19 heavy (non-hydrogen) atoms. The summed E-state index contributed by atoms with van der Waals surface area (Å²) in [6.45, 7) is 2.92. The normalized spacial score (nSPS) is 14.2. The monoisotopic (exact) mass is 335 g/mol. The van der Waals surface area contributed by atoms with Crippen LogP contribution >= 0.6 is 15.9 Å². The molecule has 0 amide bonds. The molecular weight excluding hydrogens is 317 g/mol. The molecule has 1 aromatic carbocycles. The first-order valence-corrected chi connectivity index (χ1v) is 6.79. The zero-order valence-corrected chi connectivity index (χ0v) is 12.6. The van der Waals surface area contributed by atoms with Crippen molar-refractivity contribution in [3.63, 3.8) is 0 Å². The van der Waals surface area contributed by atoms with Gasteiger partial charge in [-0.05, 0) is 41.1 Å². The summed E-state index contributed by atoms with van der Waals surface area (Å²) in [5, 5.41) is 12.7. The third-order valence-corrected chi connectivity index (χ3v) is 3.04. The van der Waals surface area contributed by atoms with E-state index < -0.39 is 6.10 Å². The van der Waals surface area contributed by atoms with Crippen LogP contribution in [0, 0.1) is 5.82 Å². The first-order chi connectivity index (χ1) is 9.02. The van der Waals surface area contributed by atoms with Crippen molar-refractivity contribution >= 4 is 21.6 Å². The Kier molecular flexibility index (Phi) is 7.30. The minimum Gasteiger partial charge on any atom is -0.389 e. The molecule has 2 N–H and O–H groups in total.